The van der Waals surface area contributed by atoms with Crippen LogP contribution >= 0.6 is 0 Å². The van der Waals surface area contributed by atoms with Gasteiger partial charge in [-0.1, -0.05) is 6.42 Å². The summed E-state index contributed by atoms with van der Waals surface area (Å²) in [6.45, 7) is 0.646. The fourth-order valence-electron chi connectivity index (χ4n) is 0.590. The number of unbranched alkanes of at least 4 members (excludes halogenated alkanes) is 2. The summed E-state index contributed by atoms with van der Waals surface area (Å²) in [7, 11) is 0. The van der Waals surface area contributed by atoms with Crippen LogP contribution in [0.4, 0.5) is 0 Å². The maximum Gasteiger partial charge on any atom is 1.00 e. The fraction of sp³-hybridized carbons (Fsp3) is 0.833. The van der Waals surface area contributed by atoms with E-state index in [0.29, 0.717) is 13.0 Å². The van der Waals surface area contributed by atoms with Crippen LogP contribution in [0.5, 0.6) is 0 Å². The molecule has 0 aromatic carbocycles. The number of carbonyl (C=O) groups excluding carboxylic acids is 1. The van der Waals surface area contributed by atoms with Gasteiger partial charge in [-0.2, -0.15) is 0 Å². The molecule has 0 rings (SSSR count). The summed E-state index contributed by atoms with van der Waals surface area (Å²) in [6, 6.07) is 0. The predicted octanol–water partition coefficient (Wildman–Crippen LogP) is -3.74. The Morgan fingerprint density at radius 3 is 2.30 bits per heavy atom. The molecule has 0 saturated heterocycles. The van der Waals surface area contributed by atoms with Crippen molar-refractivity contribution in [3.8, 4) is 0 Å². The first-order valence-corrected chi connectivity index (χ1v) is 3.17. The van der Waals surface area contributed by atoms with Crippen LogP contribution in [0.3, 0.4) is 0 Å². The van der Waals surface area contributed by atoms with Gasteiger partial charge in [-0.25, -0.2) is 0 Å². The molecule has 0 heterocycles. The summed E-state index contributed by atoms with van der Waals surface area (Å²) in [6.07, 6.45) is 2.66. The Bertz CT molecular complexity index is 87.8. The normalized spacial score (nSPS) is 8.50. The summed E-state index contributed by atoms with van der Waals surface area (Å²) in [4.78, 5) is 9.82. The third kappa shape index (κ3) is 11.3. The van der Waals surface area contributed by atoms with Gasteiger partial charge in [-0.15, -0.1) is 0 Å². The molecule has 3 nitrogen and oxygen atoms in total. The predicted molar refractivity (Wildman–Crippen MR) is 32.5 cm³/mol. The van der Waals surface area contributed by atoms with Crippen molar-refractivity contribution in [3.63, 3.8) is 0 Å². The van der Waals surface area contributed by atoms with E-state index in [4.69, 9.17) is 5.73 Å². The molecule has 0 aliphatic rings. The first-order valence-electron chi connectivity index (χ1n) is 3.17. The maximum atomic E-state index is 9.82. The second kappa shape index (κ2) is 9.43. The fourth-order valence-corrected chi connectivity index (χ4v) is 0.590. The number of hydrogen-bond acceptors (Lipinski definition) is 3. The van der Waals surface area contributed by atoms with Crippen LogP contribution in [-0.4, -0.2) is 12.5 Å². The van der Waals surface area contributed by atoms with Crippen LogP contribution < -0.4 is 40.4 Å². The monoisotopic (exact) mass is 153 g/mol. The number of carboxylic acids is 1. The van der Waals surface area contributed by atoms with E-state index >= 15 is 0 Å². The molecule has 0 aliphatic carbocycles. The van der Waals surface area contributed by atoms with Crippen LogP contribution in [0.25, 0.3) is 0 Å². The van der Waals surface area contributed by atoms with E-state index in [2.05, 4.69) is 0 Å². The molecule has 0 unspecified atom stereocenters. The zero-order valence-corrected chi connectivity index (χ0v) is 8.43. The summed E-state index contributed by atoms with van der Waals surface area (Å²) in [5.41, 5.74) is 5.18. The van der Waals surface area contributed by atoms with E-state index in [1.807, 2.05) is 0 Å². The van der Waals surface area contributed by atoms with Crippen molar-refractivity contribution in [2.75, 3.05) is 6.54 Å². The molecule has 0 amide bonds. The molecule has 0 bridgehead atoms. The van der Waals surface area contributed by atoms with Crippen molar-refractivity contribution in [2.24, 2.45) is 5.73 Å². The summed E-state index contributed by atoms with van der Waals surface area (Å²) in [5.74, 6) is -0.966. The summed E-state index contributed by atoms with van der Waals surface area (Å²) in [5, 5.41) is 9.82. The number of hydrogen-bond donors (Lipinski definition) is 1. The molecule has 2 N–H and O–H groups in total. The second-order valence-electron chi connectivity index (χ2n) is 1.97. The largest absolute Gasteiger partial charge is 1.00 e. The quantitative estimate of drug-likeness (QED) is 0.326. The van der Waals surface area contributed by atoms with Crippen LogP contribution in [-0.2, 0) is 4.79 Å². The van der Waals surface area contributed by atoms with E-state index in [1.54, 1.807) is 0 Å². The minimum absolute atomic E-state index is 0. The van der Waals surface area contributed by atoms with Gasteiger partial charge in [-0.3, -0.25) is 0 Å². The summed E-state index contributed by atoms with van der Waals surface area (Å²) < 4.78 is 0. The van der Waals surface area contributed by atoms with Crippen molar-refractivity contribution in [1.29, 1.82) is 0 Å². The average Bonchev–Trinajstić information content (AvgIpc) is 1.80. The van der Waals surface area contributed by atoms with Gasteiger partial charge in [0.1, 0.15) is 0 Å². The Morgan fingerprint density at radius 1 is 1.30 bits per heavy atom. The minimum Gasteiger partial charge on any atom is -0.550 e. The Hall–Kier alpha value is 0.430. The number of nitrogens with two attached hydrogens (primary N) is 1. The van der Waals surface area contributed by atoms with E-state index in [9.17, 15) is 9.90 Å². The van der Waals surface area contributed by atoms with Gasteiger partial charge < -0.3 is 15.6 Å². The average molecular weight is 153 g/mol. The molecule has 0 aromatic heterocycles. The molecule has 0 saturated carbocycles. The number of rotatable bonds is 5. The molecule has 0 atom stereocenters. The second-order valence-corrected chi connectivity index (χ2v) is 1.97. The Labute approximate surface area is 83.3 Å². The minimum atomic E-state index is -0.966. The molecular formula is C6H12NNaO2. The van der Waals surface area contributed by atoms with Crippen LogP contribution in [0.15, 0.2) is 0 Å². The molecule has 0 fully saturated rings. The van der Waals surface area contributed by atoms with E-state index < -0.39 is 5.97 Å². The number of carboxylic acid groups (broad SMARTS) is 1. The summed E-state index contributed by atoms with van der Waals surface area (Å²) >= 11 is 0. The van der Waals surface area contributed by atoms with Crippen molar-refractivity contribution in [1.82, 2.24) is 0 Å². The first kappa shape index (κ1) is 13.1. The third-order valence-electron chi connectivity index (χ3n) is 1.09. The zero-order chi connectivity index (χ0) is 7.11. The van der Waals surface area contributed by atoms with Crippen LogP contribution in [0, 0.1) is 0 Å². The SMILES string of the molecule is NCCCCCC(=O)[O-].[Na+]. The number of carbonyl (C=O) groups is 1. The van der Waals surface area contributed by atoms with E-state index in [0.717, 1.165) is 12.8 Å². The van der Waals surface area contributed by atoms with Crippen LogP contribution in [0.2, 0.25) is 0 Å². The molecule has 4 heteroatoms. The van der Waals surface area contributed by atoms with Crippen molar-refractivity contribution in [3.05, 3.63) is 0 Å². The smallest absolute Gasteiger partial charge is 0.550 e. The third-order valence-corrected chi connectivity index (χ3v) is 1.09. The van der Waals surface area contributed by atoms with Gasteiger partial charge in [0.25, 0.3) is 0 Å². The molecule has 0 spiro atoms. The van der Waals surface area contributed by atoms with Gasteiger partial charge in [0.2, 0.25) is 0 Å². The molecule has 0 radical (unpaired) electrons. The molecule has 0 aliphatic heterocycles. The topological polar surface area (TPSA) is 66.2 Å². The van der Waals surface area contributed by atoms with E-state index in [-0.39, 0.29) is 36.0 Å². The first-order chi connectivity index (χ1) is 4.27. The van der Waals surface area contributed by atoms with Crippen molar-refractivity contribution in [2.45, 2.75) is 25.7 Å². The van der Waals surface area contributed by atoms with Gasteiger partial charge in [0.15, 0.2) is 0 Å². The standard InChI is InChI=1S/C6H13NO2.Na/c7-5-3-1-2-4-6(8)9;/h1-5,7H2,(H,8,9);/q;+1/p-1. The number of aliphatic carboxylic acids is 1. The van der Waals surface area contributed by atoms with Crippen molar-refractivity contribution >= 4 is 5.97 Å². The maximum absolute atomic E-state index is 9.82. The van der Waals surface area contributed by atoms with Gasteiger partial charge in [-0.05, 0) is 25.8 Å². The van der Waals surface area contributed by atoms with Gasteiger partial charge >= 0.3 is 29.6 Å². The zero-order valence-electron chi connectivity index (χ0n) is 6.43. The molecular weight excluding hydrogens is 141 g/mol. The molecule has 10 heavy (non-hydrogen) atoms. The molecule has 54 valence electrons. The Morgan fingerprint density at radius 2 is 1.90 bits per heavy atom. The van der Waals surface area contributed by atoms with Gasteiger partial charge in [0, 0.05) is 5.97 Å². The Kier molecular flexibility index (Phi) is 12.3. The van der Waals surface area contributed by atoms with Crippen molar-refractivity contribution < 1.29 is 39.5 Å². The molecule has 0 aromatic rings. The van der Waals surface area contributed by atoms with Crippen LogP contribution in [0.1, 0.15) is 25.7 Å². The Balaban J connectivity index is 0. The van der Waals surface area contributed by atoms with E-state index in [1.165, 1.54) is 0 Å². The van der Waals surface area contributed by atoms with Gasteiger partial charge in [0.05, 0.1) is 0 Å².